The maximum atomic E-state index is 12.7. The number of hydrogen-bond acceptors (Lipinski definition) is 4. The maximum Gasteiger partial charge on any atom is 0.242 e. The van der Waals surface area contributed by atoms with Gasteiger partial charge in [-0.15, -0.1) is 0 Å². The van der Waals surface area contributed by atoms with E-state index in [-0.39, 0.29) is 12.5 Å². The van der Waals surface area contributed by atoms with Crippen LogP contribution in [0.2, 0.25) is 0 Å². The van der Waals surface area contributed by atoms with E-state index in [0.717, 1.165) is 12.1 Å². The molecule has 1 heterocycles. The number of furan rings is 1. The van der Waals surface area contributed by atoms with Gasteiger partial charge < -0.3 is 14.8 Å². The van der Waals surface area contributed by atoms with E-state index in [2.05, 4.69) is 5.32 Å². The third-order valence-electron chi connectivity index (χ3n) is 3.96. The van der Waals surface area contributed by atoms with Gasteiger partial charge in [0, 0.05) is 0 Å². The number of nitrogens with zero attached hydrogens (tertiary/aromatic N) is 1. The number of nitrogens with one attached hydrogen (secondary N) is 1. The summed E-state index contributed by atoms with van der Waals surface area (Å²) >= 11 is 0. The second-order valence-electron chi connectivity index (χ2n) is 5.86. The van der Waals surface area contributed by atoms with E-state index in [0.29, 0.717) is 5.76 Å². The zero-order chi connectivity index (χ0) is 16.9. The molecular weight excluding hydrogens is 292 g/mol. The summed E-state index contributed by atoms with van der Waals surface area (Å²) in [7, 11) is 1.90. The van der Waals surface area contributed by atoms with Crippen molar-refractivity contribution in [1.82, 2.24) is 10.2 Å². The highest BCUT2D eigenvalue weighted by Gasteiger charge is 2.30. The van der Waals surface area contributed by atoms with E-state index in [1.807, 2.05) is 49.2 Å². The van der Waals surface area contributed by atoms with Crippen molar-refractivity contribution in [2.24, 2.45) is 0 Å². The Morgan fingerprint density at radius 2 is 2.00 bits per heavy atom. The summed E-state index contributed by atoms with van der Waals surface area (Å²) in [5, 5.41) is 13.3. The Morgan fingerprint density at radius 3 is 2.57 bits per heavy atom. The maximum absolute atomic E-state index is 12.7. The van der Waals surface area contributed by atoms with Crippen LogP contribution in [-0.4, -0.2) is 36.1 Å². The standard InChI is InChI=1S/C18H24N2O3/c1-4-20(3)16(14-9-6-5-7-10-14)17(21)19-13-18(2,22)15-11-8-12-23-15/h5-12,16,22H,4,13H2,1-3H3,(H,19,21). The molecule has 5 nitrogen and oxygen atoms in total. The fourth-order valence-electron chi connectivity index (χ4n) is 2.45. The number of carbonyl (C=O) groups excluding carboxylic acids is 1. The molecule has 2 unspecified atom stereocenters. The normalized spacial score (nSPS) is 15.2. The van der Waals surface area contributed by atoms with Crippen molar-refractivity contribution in [1.29, 1.82) is 0 Å². The van der Waals surface area contributed by atoms with Gasteiger partial charge in [0.2, 0.25) is 5.91 Å². The summed E-state index contributed by atoms with van der Waals surface area (Å²) in [6.45, 7) is 4.44. The van der Waals surface area contributed by atoms with Crippen molar-refractivity contribution < 1.29 is 14.3 Å². The molecule has 23 heavy (non-hydrogen) atoms. The van der Waals surface area contributed by atoms with Crippen LogP contribution in [0.5, 0.6) is 0 Å². The van der Waals surface area contributed by atoms with Crippen LogP contribution in [0.25, 0.3) is 0 Å². The monoisotopic (exact) mass is 316 g/mol. The van der Waals surface area contributed by atoms with Crippen molar-refractivity contribution in [2.45, 2.75) is 25.5 Å². The molecule has 1 aromatic carbocycles. The molecule has 2 N–H and O–H groups in total. The molecule has 5 heteroatoms. The molecule has 0 saturated heterocycles. The number of carbonyl (C=O) groups is 1. The highest BCUT2D eigenvalue weighted by atomic mass is 16.4. The van der Waals surface area contributed by atoms with Crippen molar-refractivity contribution in [2.75, 3.05) is 20.1 Å². The van der Waals surface area contributed by atoms with Crippen LogP contribution in [0, 0.1) is 0 Å². The Labute approximate surface area is 136 Å². The minimum absolute atomic E-state index is 0.0836. The van der Waals surface area contributed by atoms with Crippen molar-refractivity contribution >= 4 is 5.91 Å². The van der Waals surface area contributed by atoms with Crippen molar-refractivity contribution in [3.63, 3.8) is 0 Å². The third-order valence-corrected chi connectivity index (χ3v) is 3.96. The fraction of sp³-hybridized carbons (Fsp3) is 0.389. The second kappa shape index (κ2) is 7.44. The van der Waals surface area contributed by atoms with E-state index in [9.17, 15) is 9.90 Å². The number of likely N-dealkylation sites (N-methyl/N-ethyl adjacent to an activating group) is 1. The van der Waals surface area contributed by atoms with E-state index in [4.69, 9.17) is 4.42 Å². The molecule has 2 atom stereocenters. The minimum Gasteiger partial charge on any atom is -0.466 e. The first-order valence-electron chi connectivity index (χ1n) is 7.75. The molecule has 1 amide bonds. The highest BCUT2D eigenvalue weighted by molar-refractivity contribution is 5.83. The number of amides is 1. The molecule has 0 fully saturated rings. The van der Waals surface area contributed by atoms with Crippen molar-refractivity contribution in [3.8, 4) is 0 Å². The molecular formula is C18H24N2O3. The molecule has 0 radical (unpaired) electrons. The lowest BCUT2D eigenvalue weighted by molar-refractivity contribution is -0.127. The lowest BCUT2D eigenvalue weighted by Crippen LogP contribution is -2.44. The molecule has 2 aromatic rings. The van der Waals surface area contributed by atoms with Crippen LogP contribution >= 0.6 is 0 Å². The molecule has 0 spiro atoms. The van der Waals surface area contributed by atoms with E-state index in [1.54, 1.807) is 19.1 Å². The van der Waals surface area contributed by atoms with Gasteiger partial charge in [0.25, 0.3) is 0 Å². The zero-order valence-corrected chi connectivity index (χ0v) is 13.8. The van der Waals surface area contributed by atoms with Gasteiger partial charge in [-0.2, -0.15) is 0 Å². The topological polar surface area (TPSA) is 65.7 Å². The van der Waals surface area contributed by atoms with Gasteiger partial charge in [-0.25, -0.2) is 0 Å². The lowest BCUT2D eigenvalue weighted by Gasteiger charge is -2.28. The first-order chi connectivity index (χ1) is 11.0. The van der Waals surface area contributed by atoms with Crippen LogP contribution in [0.15, 0.2) is 53.1 Å². The fourth-order valence-corrected chi connectivity index (χ4v) is 2.45. The summed E-state index contributed by atoms with van der Waals surface area (Å²) < 4.78 is 5.23. The summed E-state index contributed by atoms with van der Waals surface area (Å²) in [6, 6.07) is 12.6. The predicted octanol–water partition coefficient (Wildman–Crippen LogP) is 2.30. The van der Waals surface area contributed by atoms with E-state index in [1.165, 1.54) is 6.26 Å². The second-order valence-corrected chi connectivity index (χ2v) is 5.86. The Morgan fingerprint density at radius 1 is 1.30 bits per heavy atom. The summed E-state index contributed by atoms with van der Waals surface area (Å²) in [4.78, 5) is 14.6. The molecule has 0 saturated carbocycles. The van der Waals surface area contributed by atoms with Gasteiger partial charge in [0.15, 0.2) is 0 Å². The molecule has 2 rings (SSSR count). The Bertz CT molecular complexity index is 608. The van der Waals surface area contributed by atoms with Gasteiger partial charge in [-0.1, -0.05) is 37.3 Å². The number of benzene rings is 1. The van der Waals surface area contributed by atoms with Crippen LogP contribution in [-0.2, 0) is 10.4 Å². The molecule has 0 aliphatic carbocycles. The predicted molar refractivity (Wildman–Crippen MR) is 88.8 cm³/mol. The summed E-state index contributed by atoms with van der Waals surface area (Å²) in [5.74, 6) is 0.283. The Balaban J connectivity index is 2.10. The Kier molecular flexibility index (Phi) is 5.58. The first kappa shape index (κ1) is 17.2. The number of hydrogen-bond donors (Lipinski definition) is 2. The van der Waals surface area contributed by atoms with Gasteiger partial charge in [-0.05, 0) is 38.2 Å². The van der Waals surface area contributed by atoms with Gasteiger partial charge in [0.1, 0.15) is 17.4 Å². The highest BCUT2D eigenvalue weighted by Crippen LogP contribution is 2.22. The smallest absolute Gasteiger partial charge is 0.242 e. The van der Waals surface area contributed by atoms with E-state index >= 15 is 0 Å². The molecule has 0 aliphatic heterocycles. The van der Waals surface area contributed by atoms with E-state index < -0.39 is 11.6 Å². The van der Waals surface area contributed by atoms with Crippen LogP contribution in [0.3, 0.4) is 0 Å². The largest absolute Gasteiger partial charge is 0.466 e. The molecule has 0 aliphatic rings. The molecule has 1 aromatic heterocycles. The number of aliphatic hydroxyl groups is 1. The number of rotatable bonds is 7. The summed E-state index contributed by atoms with van der Waals surface area (Å²) in [5.41, 5.74) is -0.322. The van der Waals surface area contributed by atoms with Gasteiger partial charge >= 0.3 is 0 Å². The average Bonchev–Trinajstić information content (AvgIpc) is 3.09. The molecule has 0 bridgehead atoms. The lowest BCUT2D eigenvalue weighted by atomic mass is 10.0. The van der Waals surface area contributed by atoms with Crippen molar-refractivity contribution in [3.05, 3.63) is 60.1 Å². The van der Waals surface area contributed by atoms with Crippen LogP contribution in [0.4, 0.5) is 0 Å². The zero-order valence-electron chi connectivity index (χ0n) is 13.8. The average molecular weight is 316 g/mol. The quantitative estimate of drug-likeness (QED) is 0.822. The van der Waals surface area contributed by atoms with Gasteiger partial charge in [-0.3, -0.25) is 9.69 Å². The van der Waals surface area contributed by atoms with Crippen LogP contribution < -0.4 is 5.32 Å². The first-order valence-corrected chi connectivity index (χ1v) is 7.75. The van der Waals surface area contributed by atoms with Crippen LogP contribution in [0.1, 0.15) is 31.2 Å². The SMILES string of the molecule is CCN(C)C(C(=O)NCC(C)(O)c1ccco1)c1ccccc1. The minimum atomic E-state index is -1.24. The van der Waals surface area contributed by atoms with Gasteiger partial charge in [0.05, 0.1) is 12.8 Å². The third kappa shape index (κ3) is 4.21. The molecule has 124 valence electrons. The Hall–Kier alpha value is -2.11. The summed E-state index contributed by atoms with van der Waals surface area (Å²) in [6.07, 6.45) is 1.50.